The van der Waals surface area contributed by atoms with Gasteiger partial charge < -0.3 is 14.4 Å². The Labute approximate surface area is 147 Å². The van der Waals surface area contributed by atoms with Gasteiger partial charge in [-0.3, -0.25) is 9.59 Å². The molecule has 0 bridgehead atoms. The molecule has 9 heteroatoms. The van der Waals surface area contributed by atoms with Crippen molar-refractivity contribution in [1.82, 2.24) is 4.90 Å². The van der Waals surface area contributed by atoms with E-state index < -0.39 is 30.2 Å². The Morgan fingerprint density at radius 1 is 1.19 bits per heavy atom. The molecule has 0 saturated carbocycles. The minimum atomic E-state index is -4.57. The number of halogens is 3. The summed E-state index contributed by atoms with van der Waals surface area (Å²) in [4.78, 5) is 36.8. The third-order valence-corrected chi connectivity index (χ3v) is 4.13. The number of methoxy groups -OCH3 is 1. The molecular weight excluding hydrogens is 355 g/mol. The molecule has 0 aromatic heterocycles. The van der Waals surface area contributed by atoms with E-state index in [9.17, 15) is 27.6 Å². The van der Waals surface area contributed by atoms with Gasteiger partial charge in [-0.15, -0.1) is 0 Å². The Hall–Kier alpha value is -2.58. The van der Waals surface area contributed by atoms with Crippen molar-refractivity contribution >= 4 is 17.8 Å². The predicted molar refractivity (Wildman–Crippen MR) is 83.0 cm³/mol. The number of ether oxygens (including phenoxy) is 2. The van der Waals surface area contributed by atoms with Gasteiger partial charge in [0.15, 0.2) is 6.61 Å². The Morgan fingerprint density at radius 2 is 1.85 bits per heavy atom. The van der Waals surface area contributed by atoms with E-state index in [-0.39, 0.29) is 17.5 Å². The zero-order valence-corrected chi connectivity index (χ0v) is 14.0. The lowest BCUT2D eigenvalue weighted by Gasteiger charge is -2.30. The molecule has 0 radical (unpaired) electrons. The summed E-state index contributed by atoms with van der Waals surface area (Å²) in [6.07, 6.45) is -3.68. The van der Waals surface area contributed by atoms with Crippen LogP contribution in [0.4, 0.5) is 13.2 Å². The van der Waals surface area contributed by atoms with Crippen molar-refractivity contribution in [2.75, 3.05) is 26.8 Å². The number of hydrogen-bond acceptors (Lipinski definition) is 5. The van der Waals surface area contributed by atoms with Crippen LogP contribution in [-0.2, 0) is 25.2 Å². The summed E-state index contributed by atoms with van der Waals surface area (Å²) in [6, 6.07) is 3.80. The van der Waals surface area contributed by atoms with Crippen molar-refractivity contribution in [2.45, 2.75) is 19.0 Å². The van der Waals surface area contributed by atoms with E-state index in [1.165, 1.54) is 18.1 Å². The van der Waals surface area contributed by atoms with Gasteiger partial charge in [0.1, 0.15) is 0 Å². The maximum atomic E-state index is 12.7. The number of rotatable bonds is 4. The molecule has 1 amide bonds. The lowest BCUT2D eigenvalue weighted by atomic mass is 9.97. The molecule has 1 aliphatic heterocycles. The first kappa shape index (κ1) is 19.7. The van der Waals surface area contributed by atoms with Gasteiger partial charge in [-0.1, -0.05) is 6.07 Å². The standard InChI is InChI=1S/C17H18F3NO5/c1-25-15(23)11-5-7-21(8-6-11)14(22)10-26-16(24)12-3-2-4-13(9-12)17(18,19)20/h2-4,9,11H,5-8,10H2,1H3. The highest BCUT2D eigenvalue weighted by molar-refractivity contribution is 5.91. The summed E-state index contributed by atoms with van der Waals surface area (Å²) in [7, 11) is 1.30. The molecule has 1 aromatic carbocycles. The van der Waals surface area contributed by atoms with Crippen molar-refractivity contribution in [1.29, 1.82) is 0 Å². The fourth-order valence-electron chi connectivity index (χ4n) is 2.66. The van der Waals surface area contributed by atoms with Gasteiger partial charge in [-0.05, 0) is 31.0 Å². The van der Waals surface area contributed by atoms with Crippen LogP contribution in [0.2, 0.25) is 0 Å². The van der Waals surface area contributed by atoms with Crippen molar-refractivity contribution in [3.63, 3.8) is 0 Å². The molecule has 0 spiro atoms. The first-order chi connectivity index (χ1) is 12.2. The van der Waals surface area contributed by atoms with E-state index in [4.69, 9.17) is 4.74 Å². The Balaban J connectivity index is 1.86. The van der Waals surface area contributed by atoms with Crippen LogP contribution in [0.5, 0.6) is 0 Å². The quantitative estimate of drug-likeness (QED) is 0.757. The molecule has 1 saturated heterocycles. The molecule has 0 atom stereocenters. The number of carbonyl (C=O) groups excluding carboxylic acids is 3. The van der Waals surface area contributed by atoms with E-state index in [1.54, 1.807) is 0 Å². The Morgan fingerprint density at radius 3 is 2.42 bits per heavy atom. The van der Waals surface area contributed by atoms with Gasteiger partial charge in [0.05, 0.1) is 24.2 Å². The summed E-state index contributed by atoms with van der Waals surface area (Å²) >= 11 is 0. The predicted octanol–water partition coefficient (Wildman–Crippen LogP) is 2.27. The lowest BCUT2D eigenvalue weighted by molar-refractivity contribution is -0.149. The highest BCUT2D eigenvalue weighted by atomic mass is 19.4. The molecule has 0 N–H and O–H groups in total. The van der Waals surface area contributed by atoms with E-state index >= 15 is 0 Å². The topological polar surface area (TPSA) is 72.9 Å². The second kappa shape index (κ2) is 8.20. The minimum absolute atomic E-state index is 0.267. The first-order valence-electron chi connectivity index (χ1n) is 7.92. The van der Waals surface area contributed by atoms with E-state index in [0.29, 0.717) is 32.0 Å². The van der Waals surface area contributed by atoms with E-state index in [1.807, 2.05) is 0 Å². The molecule has 1 heterocycles. The zero-order chi connectivity index (χ0) is 19.3. The zero-order valence-electron chi connectivity index (χ0n) is 14.0. The number of amides is 1. The molecule has 26 heavy (non-hydrogen) atoms. The molecule has 2 rings (SSSR count). The summed E-state index contributed by atoms with van der Waals surface area (Å²) in [5, 5.41) is 0. The smallest absolute Gasteiger partial charge is 0.416 e. The van der Waals surface area contributed by atoms with Gasteiger partial charge in [-0.25, -0.2) is 4.79 Å². The van der Waals surface area contributed by atoms with Gasteiger partial charge >= 0.3 is 18.1 Å². The van der Waals surface area contributed by atoms with Crippen LogP contribution in [0.25, 0.3) is 0 Å². The maximum absolute atomic E-state index is 12.7. The molecule has 6 nitrogen and oxygen atoms in total. The van der Waals surface area contributed by atoms with Gasteiger partial charge in [0.2, 0.25) is 0 Å². The van der Waals surface area contributed by atoms with E-state index in [0.717, 1.165) is 12.1 Å². The largest absolute Gasteiger partial charge is 0.469 e. The number of carbonyl (C=O) groups is 3. The van der Waals surface area contributed by atoms with Crippen LogP contribution in [0.15, 0.2) is 24.3 Å². The highest BCUT2D eigenvalue weighted by Gasteiger charge is 2.31. The van der Waals surface area contributed by atoms with Crippen LogP contribution >= 0.6 is 0 Å². The molecule has 1 aliphatic rings. The fraction of sp³-hybridized carbons (Fsp3) is 0.471. The average molecular weight is 373 g/mol. The number of benzene rings is 1. The molecule has 0 aliphatic carbocycles. The second-order valence-electron chi connectivity index (χ2n) is 5.83. The summed E-state index contributed by atoms with van der Waals surface area (Å²) in [5.74, 6) is -2.06. The second-order valence-corrected chi connectivity index (χ2v) is 5.83. The normalized spacial score (nSPS) is 15.5. The Kier molecular flexibility index (Phi) is 6.23. The lowest BCUT2D eigenvalue weighted by Crippen LogP contribution is -2.42. The summed E-state index contributed by atoms with van der Waals surface area (Å²) in [5.41, 5.74) is -1.25. The van der Waals surface area contributed by atoms with Crippen LogP contribution < -0.4 is 0 Å². The average Bonchev–Trinajstić information content (AvgIpc) is 2.64. The number of hydrogen-bond donors (Lipinski definition) is 0. The van der Waals surface area contributed by atoms with Crippen LogP contribution in [0.1, 0.15) is 28.8 Å². The van der Waals surface area contributed by atoms with Gasteiger partial charge in [0.25, 0.3) is 5.91 Å². The number of piperidine rings is 1. The Bertz CT molecular complexity index is 681. The van der Waals surface area contributed by atoms with Gasteiger partial charge in [0, 0.05) is 13.1 Å². The molecule has 142 valence electrons. The number of esters is 2. The molecule has 1 fully saturated rings. The third kappa shape index (κ3) is 4.96. The number of nitrogens with zero attached hydrogens (tertiary/aromatic N) is 1. The molecule has 1 aromatic rings. The number of alkyl halides is 3. The SMILES string of the molecule is COC(=O)C1CCN(C(=O)COC(=O)c2cccc(C(F)(F)F)c2)CC1. The van der Waals surface area contributed by atoms with Crippen LogP contribution in [-0.4, -0.2) is 49.6 Å². The first-order valence-corrected chi connectivity index (χ1v) is 7.92. The van der Waals surface area contributed by atoms with Crippen molar-refractivity contribution in [3.05, 3.63) is 35.4 Å². The highest BCUT2D eigenvalue weighted by Crippen LogP contribution is 2.29. The molecular formula is C17H18F3NO5. The third-order valence-electron chi connectivity index (χ3n) is 4.13. The monoisotopic (exact) mass is 373 g/mol. The number of likely N-dealkylation sites (tertiary alicyclic amines) is 1. The maximum Gasteiger partial charge on any atom is 0.416 e. The molecule has 0 unspecified atom stereocenters. The van der Waals surface area contributed by atoms with Crippen molar-refractivity contribution in [2.24, 2.45) is 5.92 Å². The summed E-state index contributed by atoms with van der Waals surface area (Å²) in [6.45, 7) is 0.0669. The van der Waals surface area contributed by atoms with Crippen LogP contribution in [0.3, 0.4) is 0 Å². The van der Waals surface area contributed by atoms with E-state index in [2.05, 4.69) is 4.74 Å². The minimum Gasteiger partial charge on any atom is -0.469 e. The fourth-order valence-corrected chi connectivity index (χ4v) is 2.66. The van der Waals surface area contributed by atoms with Crippen molar-refractivity contribution in [3.8, 4) is 0 Å². The summed E-state index contributed by atoms with van der Waals surface area (Å²) < 4.78 is 47.4. The van der Waals surface area contributed by atoms with Gasteiger partial charge in [-0.2, -0.15) is 13.2 Å². The van der Waals surface area contributed by atoms with Crippen LogP contribution in [0, 0.1) is 5.92 Å². The van der Waals surface area contributed by atoms with Crippen molar-refractivity contribution < 1.29 is 37.0 Å².